The van der Waals surface area contributed by atoms with Crippen LogP contribution in [0, 0.1) is 12.8 Å². The number of anilines is 2. The van der Waals surface area contributed by atoms with Crippen LogP contribution in [0.2, 0.25) is 0 Å². The van der Waals surface area contributed by atoms with E-state index in [0.717, 1.165) is 21.9 Å². The molecule has 1 unspecified atom stereocenters. The third kappa shape index (κ3) is 6.00. The number of hydrogen-bond donors (Lipinski definition) is 2. The molecule has 4 rings (SSSR count). The Labute approximate surface area is 231 Å². The van der Waals surface area contributed by atoms with Crippen molar-refractivity contribution >= 4 is 52.3 Å². The molecule has 0 bridgehead atoms. The zero-order valence-electron chi connectivity index (χ0n) is 22.7. The number of rotatable bonds is 7. The van der Waals surface area contributed by atoms with E-state index in [1.807, 2.05) is 57.2 Å². The van der Waals surface area contributed by atoms with Gasteiger partial charge in [0, 0.05) is 6.42 Å². The molecule has 202 valence electrons. The predicted molar refractivity (Wildman–Crippen MR) is 156 cm³/mol. The van der Waals surface area contributed by atoms with Gasteiger partial charge >= 0.3 is 0 Å². The second-order valence-corrected chi connectivity index (χ2v) is 10.2. The Balaban J connectivity index is 0.00000400. The van der Waals surface area contributed by atoms with Crippen LogP contribution in [0.5, 0.6) is 0 Å². The summed E-state index contributed by atoms with van der Waals surface area (Å²) < 4.78 is 0. The van der Waals surface area contributed by atoms with Crippen molar-refractivity contribution < 1.29 is 14.4 Å². The van der Waals surface area contributed by atoms with Gasteiger partial charge in [0.15, 0.2) is 0 Å². The van der Waals surface area contributed by atoms with Crippen LogP contribution in [-0.2, 0) is 20.9 Å². The van der Waals surface area contributed by atoms with E-state index >= 15 is 0 Å². The molecule has 2 N–H and O–H groups in total. The standard InChI is InChI=1S/C30H36N4O3.ClH/c1-19(2)16-28(35)33-18-25(32-29(36)21(4)31-5)30(37)34(27-13-9-8-12-26(27)33)17-24-20(3)14-15-22-10-6-7-11-23(22)24;/h6-15,19,21,25,31H,16-18H2,1-5H3,(H,32,36);1H/t21?,25-;/m0./s1. The highest BCUT2D eigenvalue weighted by Crippen LogP contribution is 2.36. The number of aryl methyl sites for hydroxylation is 1. The Hall–Kier alpha value is -3.42. The zero-order valence-corrected chi connectivity index (χ0v) is 23.5. The molecule has 38 heavy (non-hydrogen) atoms. The van der Waals surface area contributed by atoms with Crippen LogP contribution in [0.25, 0.3) is 10.8 Å². The predicted octanol–water partition coefficient (Wildman–Crippen LogP) is 4.59. The van der Waals surface area contributed by atoms with E-state index in [1.165, 1.54) is 0 Å². The van der Waals surface area contributed by atoms with E-state index in [9.17, 15) is 14.4 Å². The van der Waals surface area contributed by atoms with E-state index in [-0.39, 0.29) is 42.6 Å². The number of para-hydroxylation sites is 2. The van der Waals surface area contributed by atoms with Crippen LogP contribution >= 0.6 is 12.4 Å². The average molecular weight is 537 g/mol. The monoisotopic (exact) mass is 536 g/mol. The summed E-state index contributed by atoms with van der Waals surface area (Å²) in [7, 11) is 1.70. The minimum absolute atomic E-state index is 0. The van der Waals surface area contributed by atoms with E-state index < -0.39 is 12.1 Å². The lowest BCUT2D eigenvalue weighted by molar-refractivity contribution is -0.128. The smallest absolute Gasteiger partial charge is 0.251 e. The fraction of sp³-hybridized carbons (Fsp3) is 0.367. The maximum absolute atomic E-state index is 14.1. The number of hydrogen-bond acceptors (Lipinski definition) is 4. The number of benzene rings is 3. The number of nitrogens with zero attached hydrogens (tertiary/aromatic N) is 2. The molecule has 0 fully saturated rings. The topological polar surface area (TPSA) is 81.8 Å². The summed E-state index contributed by atoms with van der Waals surface area (Å²) >= 11 is 0. The summed E-state index contributed by atoms with van der Waals surface area (Å²) in [6.07, 6.45) is 0.346. The molecule has 8 heteroatoms. The number of carbonyl (C=O) groups excluding carboxylic acids is 3. The molecule has 0 aromatic heterocycles. The number of nitrogens with one attached hydrogen (secondary N) is 2. The summed E-state index contributed by atoms with van der Waals surface area (Å²) in [6.45, 7) is 8.18. The van der Waals surface area contributed by atoms with Gasteiger partial charge in [-0.3, -0.25) is 14.4 Å². The molecule has 7 nitrogen and oxygen atoms in total. The Morgan fingerprint density at radius 2 is 1.63 bits per heavy atom. The summed E-state index contributed by atoms with van der Waals surface area (Å²) in [5, 5.41) is 8.01. The Morgan fingerprint density at radius 1 is 0.974 bits per heavy atom. The highest BCUT2D eigenvalue weighted by molar-refractivity contribution is 6.08. The number of halogens is 1. The quantitative estimate of drug-likeness (QED) is 0.463. The van der Waals surface area contributed by atoms with Gasteiger partial charge in [-0.25, -0.2) is 0 Å². The second-order valence-electron chi connectivity index (χ2n) is 10.2. The maximum Gasteiger partial charge on any atom is 0.251 e. The Morgan fingerprint density at radius 3 is 2.32 bits per heavy atom. The van der Waals surface area contributed by atoms with E-state index in [0.29, 0.717) is 24.3 Å². The van der Waals surface area contributed by atoms with Crippen molar-refractivity contribution in [3.63, 3.8) is 0 Å². The van der Waals surface area contributed by atoms with Crippen molar-refractivity contribution in [2.45, 2.75) is 52.7 Å². The summed E-state index contributed by atoms with van der Waals surface area (Å²) in [5.41, 5.74) is 3.45. The van der Waals surface area contributed by atoms with Gasteiger partial charge in [-0.15, -0.1) is 12.4 Å². The molecule has 1 aliphatic rings. The minimum Gasteiger partial charge on any atom is -0.341 e. The minimum atomic E-state index is -0.887. The van der Waals surface area contributed by atoms with Gasteiger partial charge in [0.1, 0.15) is 6.04 Å². The summed E-state index contributed by atoms with van der Waals surface area (Å²) in [5.74, 6) is -0.439. The highest BCUT2D eigenvalue weighted by Gasteiger charge is 2.37. The van der Waals surface area contributed by atoms with Gasteiger partial charge in [0.05, 0.1) is 30.5 Å². The van der Waals surface area contributed by atoms with Crippen molar-refractivity contribution in [3.8, 4) is 0 Å². The fourth-order valence-corrected chi connectivity index (χ4v) is 4.79. The molecule has 3 amide bonds. The van der Waals surface area contributed by atoms with Crippen molar-refractivity contribution in [3.05, 3.63) is 71.8 Å². The fourth-order valence-electron chi connectivity index (χ4n) is 4.79. The number of amides is 3. The Bertz CT molecular complexity index is 1330. The van der Waals surface area contributed by atoms with E-state index in [2.05, 4.69) is 34.9 Å². The number of carbonyl (C=O) groups is 3. The van der Waals surface area contributed by atoms with Gasteiger partial charge in [-0.05, 0) is 60.8 Å². The lowest BCUT2D eigenvalue weighted by Gasteiger charge is -2.27. The first-order chi connectivity index (χ1) is 17.7. The Kier molecular flexibility index (Phi) is 9.52. The summed E-state index contributed by atoms with van der Waals surface area (Å²) in [6, 6.07) is 18.4. The molecule has 3 aromatic carbocycles. The molecule has 0 aliphatic carbocycles. The number of likely N-dealkylation sites (N-methyl/N-ethyl adjacent to an activating group) is 1. The zero-order chi connectivity index (χ0) is 26.7. The molecule has 1 heterocycles. The first kappa shape index (κ1) is 29.1. The van der Waals surface area contributed by atoms with Gasteiger partial charge < -0.3 is 20.4 Å². The normalized spacial score (nSPS) is 16.1. The van der Waals surface area contributed by atoms with Crippen LogP contribution in [0.4, 0.5) is 11.4 Å². The second kappa shape index (κ2) is 12.4. The molecule has 0 saturated heterocycles. The molecule has 0 spiro atoms. The number of fused-ring (bicyclic) bond motifs is 2. The van der Waals surface area contributed by atoms with E-state index in [4.69, 9.17) is 0 Å². The molecular formula is C30H37ClN4O3. The van der Waals surface area contributed by atoms with Crippen molar-refractivity contribution in [1.82, 2.24) is 10.6 Å². The van der Waals surface area contributed by atoms with Crippen LogP contribution in [0.3, 0.4) is 0 Å². The van der Waals surface area contributed by atoms with Crippen molar-refractivity contribution in [1.29, 1.82) is 0 Å². The molecule has 2 atom stereocenters. The van der Waals surface area contributed by atoms with Gasteiger partial charge in [0.25, 0.3) is 5.91 Å². The SMILES string of the molecule is CNC(C)C(=O)N[C@H]1CN(C(=O)CC(C)C)c2ccccc2N(Cc2c(C)ccc3ccccc23)C1=O.Cl. The molecular weight excluding hydrogens is 500 g/mol. The van der Waals surface area contributed by atoms with Crippen LogP contribution in [0.15, 0.2) is 60.7 Å². The van der Waals surface area contributed by atoms with Crippen molar-refractivity contribution in [2.75, 3.05) is 23.4 Å². The van der Waals surface area contributed by atoms with Gasteiger partial charge in [0.2, 0.25) is 11.8 Å². The lowest BCUT2D eigenvalue weighted by atomic mass is 9.99. The first-order valence-electron chi connectivity index (χ1n) is 12.9. The third-order valence-electron chi connectivity index (χ3n) is 7.01. The molecule has 0 saturated carbocycles. The molecule has 1 aliphatic heterocycles. The van der Waals surface area contributed by atoms with Crippen LogP contribution < -0.4 is 20.4 Å². The molecule has 0 radical (unpaired) electrons. The third-order valence-corrected chi connectivity index (χ3v) is 7.01. The van der Waals surface area contributed by atoms with Crippen molar-refractivity contribution in [2.24, 2.45) is 5.92 Å². The van der Waals surface area contributed by atoms with E-state index in [1.54, 1.807) is 23.8 Å². The van der Waals surface area contributed by atoms with Gasteiger partial charge in [-0.1, -0.05) is 62.4 Å². The molecule has 3 aromatic rings. The average Bonchev–Trinajstić information content (AvgIpc) is 2.99. The largest absolute Gasteiger partial charge is 0.341 e. The lowest BCUT2D eigenvalue weighted by Crippen LogP contribution is -2.55. The van der Waals surface area contributed by atoms with Gasteiger partial charge in [-0.2, -0.15) is 0 Å². The maximum atomic E-state index is 14.1. The summed E-state index contributed by atoms with van der Waals surface area (Å²) in [4.78, 5) is 43.8. The van der Waals surface area contributed by atoms with Crippen LogP contribution in [0.1, 0.15) is 38.3 Å². The van der Waals surface area contributed by atoms with Crippen LogP contribution in [-0.4, -0.2) is 43.4 Å². The first-order valence-corrected chi connectivity index (χ1v) is 12.9. The highest BCUT2D eigenvalue weighted by atomic mass is 35.5.